The average Bonchev–Trinajstić information content (AvgIpc) is 2.45. The second kappa shape index (κ2) is 7.35. The van der Waals surface area contributed by atoms with E-state index in [0.29, 0.717) is 11.9 Å². The number of nitrogens with zero attached hydrogens (tertiary/aromatic N) is 3. The molecular weight excluding hydrogens is 247 g/mol. The van der Waals surface area contributed by atoms with Gasteiger partial charge in [-0.2, -0.15) is 0 Å². The number of anilines is 1. The van der Waals surface area contributed by atoms with E-state index in [1.807, 2.05) is 0 Å². The Morgan fingerprint density at radius 3 is 3.00 bits per heavy atom. The summed E-state index contributed by atoms with van der Waals surface area (Å²) in [6.07, 6.45) is 4.78. The molecule has 0 aliphatic carbocycles. The van der Waals surface area contributed by atoms with Crippen LogP contribution >= 0.6 is 0 Å². The summed E-state index contributed by atoms with van der Waals surface area (Å²) in [5, 5.41) is 3.38. The third-order valence-corrected chi connectivity index (χ3v) is 3.32. The van der Waals surface area contributed by atoms with Crippen molar-refractivity contribution in [3.8, 4) is 0 Å². The summed E-state index contributed by atoms with van der Waals surface area (Å²) in [7, 11) is 1.70. The molecular formula is C13H21FN4O. The highest BCUT2D eigenvalue weighted by atomic mass is 19.1. The van der Waals surface area contributed by atoms with Gasteiger partial charge in [-0.15, -0.1) is 0 Å². The molecule has 1 aromatic rings. The largest absolute Gasteiger partial charge is 0.383 e. The quantitative estimate of drug-likeness (QED) is 0.782. The summed E-state index contributed by atoms with van der Waals surface area (Å²) in [6.45, 7) is 4.45. The molecule has 1 N–H and O–H groups in total. The van der Waals surface area contributed by atoms with Crippen molar-refractivity contribution in [2.75, 3.05) is 44.8 Å². The minimum Gasteiger partial charge on any atom is -0.383 e. The summed E-state index contributed by atoms with van der Waals surface area (Å²) in [5.41, 5.74) is 0. The van der Waals surface area contributed by atoms with Gasteiger partial charge in [-0.1, -0.05) is 0 Å². The molecule has 106 valence electrons. The molecule has 1 atom stereocenters. The van der Waals surface area contributed by atoms with Crippen LogP contribution in [0.25, 0.3) is 0 Å². The number of methoxy groups -OCH3 is 1. The number of aromatic nitrogens is 2. The molecule has 5 nitrogen and oxygen atoms in total. The molecule has 6 heteroatoms. The summed E-state index contributed by atoms with van der Waals surface area (Å²) < 4.78 is 17.8. The van der Waals surface area contributed by atoms with Gasteiger partial charge >= 0.3 is 0 Å². The Bertz CT molecular complexity index is 373. The highest BCUT2D eigenvalue weighted by Gasteiger charge is 2.21. The molecule has 1 fully saturated rings. The first-order valence-corrected chi connectivity index (χ1v) is 6.71. The van der Waals surface area contributed by atoms with E-state index in [-0.39, 0.29) is 0 Å². The monoisotopic (exact) mass is 268 g/mol. The number of halogens is 1. The van der Waals surface area contributed by atoms with E-state index >= 15 is 0 Å². The first-order valence-electron chi connectivity index (χ1n) is 6.71. The minimum atomic E-state index is -0.390. The molecule has 1 aromatic heterocycles. The zero-order chi connectivity index (χ0) is 13.5. The maximum Gasteiger partial charge on any atom is 0.225 e. The first-order chi connectivity index (χ1) is 9.29. The van der Waals surface area contributed by atoms with Crippen LogP contribution in [-0.4, -0.2) is 49.9 Å². The second-order valence-electron chi connectivity index (χ2n) is 4.85. The normalized spacial score (nSPS) is 19.7. The van der Waals surface area contributed by atoms with Gasteiger partial charge in [-0.3, -0.25) is 0 Å². The lowest BCUT2D eigenvalue weighted by Crippen LogP contribution is -2.41. The minimum absolute atomic E-state index is 0.390. The molecule has 1 aliphatic rings. The van der Waals surface area contributed by atoms with Crippen molar-refractivity contribution >= 4 is 5.95 Å². The van der Waals surface area contributed by atoms with Crippen LogP contribution in [0.15, 0.2) is 12.4 Å². The molecule has 0 aromatic carbocycles. The number of hydrogen-bond donors (Lipinski definition) is 1. The maximum atomic E-state index is 12.8. The predicted molar refractivity (Wildman–Crippen MR) is 71.7 cm³/mol. The highest BCUT2D eigenvalue weighted by Crippen LogP contribution is 2.19. The summed E-state index contributed by atoms with van der Waals surface area (Å²) >= 11 is 0. The Kier molecular flexibility index (Phi) is 5.47. The topological polar surface area (TPSA) is 50.3 Å². The van der Waals surface area contributed by atoms with E-state index in [4.69, 9.17) is 4.74 Å². The van der Waals surface area contributed by atoms with Crippen molar-refractivity contribution < 1.29 is 9.13 Å². The van der Waals surface area contributed by atoms with E-state index in [1.165, 1.54) is 18.8 Å². The second-order valence-corrected chi connectivity index (χ2v) is 4.85. The first kappa shape index (κ1) is 14.1. The smallest absolute Gasteiger partial charge is 0.225 e. The molecule has 1 saturated heterocycles. The summed E-state index contributed by atoms with van der Waals surface area (Å²) in [6, 6.07) is 0. The molecule has 2 rings (SSSR count). The summed E-state index contributed by atoms with van der Waals surface area (Å²) in [4.78, 5) is 10.2. The number of ether oxygens (including phenoxy) is 1. The Hall–Kier alpha value is -1.27. The van der Waals surface area contributed by atoms with Crippen LogP contribution in [-0.2, 0) is 4.74 Å². The lowest BCUT2D eigenvalue weighted by molar-refractivity contribution is 0.197. The Morgan fingerprint density at radius 2 is 2.26 bits per heavy atom. The van der Waals surface area contributed by atoms with Crippen LogP contribution in [0.3, 0.4) is 0 Å². The zero-order valence-electron chi connectivity index (χ0n) is 11.3. The lowest BCUT2D eigenvalue weighted by atomic mass is 9.98. The van der Waals surface area contributed by atoms with Gasteiger partial charge in [0.15, 0.2) is 5.82 Å². The van der Waals surface area contributed by atoms with Crippen molar-refractivity contribution in [3.05, 3.63) is 18.2 Å². The fourth-order valence-electron chi connectivity index (χ4n) is 2.36. The van der Waals surface area contributed by atoms with Crippen molar-refractivity contribution in [3.63, 3.8) is 0 Å². The van der Waals surface area contributed by atoms with Gasteiger partial charge < -0.3 is 15.0 Å². The fourth-order valence-corrected chi connectivity index (χ4v) is 2.36. The third kappa shape index (κ3) is 4.40. The van der Waals surface area contributed by atoms with Crippen LogP contribution in [0.4, 0.5) is 10.3 Å². The molecule has 0 amide bonds. The van der Waals surface area contributed by atoms with Crippen LogP contribution in [0.5, 0.6) is 0 Å². The molecule has 1 unspecified atom stereocenters. The van der Waals surface area contributed by atoms with Gasteiger partial charge in [0, 0.05) is 26.7 Å². The fraction of sp³-hybridized carbons (Fsp3) is 0.692. The molecule has 19 heavy (non-hydrogen) atoms. The number of hydrogen-bond acceptors (Lipinski definition) is 5. The third-order valence-electron chi connectivity index (χ3n) is 3.32. The molecule has 1 aliphatic heterocycles. The average molecular weight is 268 g/mol. The van der Waals surface area contributed by atoms with Crippen molar-refractivity contribution in [2.24, 2.45) is 5.92 Å². The van der Waals surface area contributed by atoms with Gasteiger partial charge in [0.2, 0.25) is 5.95 Å². The van der Waals surface area contributed by atoms with E-state index in [9.17, 15) is 4.39 Å². The number of nitrogens with one attached hydrogen (secondary N) is 1. The Morgan fingerprint density at radius 1 is 1.47 bits per heavy atom. The number of rotatable bonds is 6. The Labute approximate surface area is 113 Å². The number of piperidine rings is 1. The maximum absolute atomic E-state index is 12.8. The van der Waals surface area contributed by atoms with E-state index in [0.717, 1.165) is 39.2 Å². The van der Waals surface area contributed by atoms with Crippen LogP contribution < -0.4 is 10.2 Å². The van der Waals surface area contributed by atoms with Crippen molar-refractivity contribution in [2.45, 2.75) is 12.8 Å². The molecule has 0 spiro atoms. The predicted octanol–water partition coefficient (Wildman–Crippen LogP) is 1.07. The summed E-state index contributed by atoms with van der Waals surface area (Å²) in [5.74, 6) is 0.820. The van der Waals surface area contributed by atoms with E-state index < -0.39 is 5.82 Å². The van der Waals surface area contributed by atoms with E-state index in [2.05, 4.69) is 20.2 Å². The van der Waals surface area contributed by atoms with Gasteiger partial charge in [0.25, 0.3) is 0 Å². The van der Waals surface area contributed by atoms with Gasteiger partial charge in [-0.25, -0.2) is 14.4 Å². The van der Waals surface area contributed by atoms with Crippen LogP contribution in [0.1, 0.15) is 12.8 Å². The highest BCUT2D eigenvalue weighted by molar-refractivity contribution is 5.29. The Balaban J connectivity index is 1.81. The SMILES string of the molecule is COCCNCC1CCCN(c2ncc(F)cn2)C1. The molecule has 0 radical (unpaired) electrons. The van der Waals surface area contributed by atoms with E-state index in [1.54, 1.807) is 7.11 Å². The zero-order valence-corrected chi connectivity index (χ0v) is 11.3. The standard InChI is InChI=1S/C13H21FN4O/c1-19-6-4-15-7-11-3-2-5-18(10-11)13-16-8-12(14)9-17-13/h8-9,11,15H,2-7,10H2,1H3. The van der Waals surface area contributed by atoms with Gasteiger partial charge in [0.05, 0.1) is 19.0 Å². The molecule has 0 saturated carbocycles. The van der Waals surface area contributed by atoms with Crippen LogP contribution in [0.2, 0.25) is 0 Å². The lowest BCUT2D eigenvalue weighted by Gasteiger charge is -2.32. The van der Waals surface area contributed by atoms with Crippen molar-refractivity contribution in [1.29, 1.82) is 0 Å². The molecule has 0 bridgehead atoms. The van der Waals surface area contributed by atoms with Gasteiger partial charge in [0.1, 0.15) is 0 Å². The van der Waals surface area contributed by atoms with Crippen molar-refractivity contribution in [1.82, 2.24) is 15.3 Å². The van der Waals surface area contributed by atoms with Gasteiger partial charge in [-0.05, 0) is 25.3 Å². The van der Waals surface area contributed by atoms with Crippen LogP contribution in [0, 0.1) is 11.7 Å². The molecule has 2 heterocycles.